The van der Waals surface area contributed by atoms with Crippen LogP contribution in [-0.4, -0.2) is 39.0 Å². The smallest absolute Gasteiger partial charge is 0.214 e. The maximum atomic E-state index is 12.2. The summed E-state index contributed by atoms with van der Waals surface area (Å²) in [6.07, 6.45) is 1.63. The van der Waals surface area contributed by atoms with Gasteiger partial charge in [-0.3, -0.25) is 0 Å². The van der Waals surface area contributed by atoms with Gasteiger partial charge < -0.3 is 10.5 Å². The second-order valence-corrected chi connectivity index (χ2v) is 8.89. The molecule has 1 saturated heterocycles. The molecule has 1 atom stereocenters. The fourth-order valence-corrected chi connectivity index (χ4v) is 5.55. The molecule has 2 aliphatic rings. The molecular formula is C13H26N2O3S. The molecule has 0 aromatic heterocycles. The van der Waals surface area contributed by atoms with Crippen molar-refractivity contribution in [1.29, 1.82) is 0 Å². The van der Waals surface area contributed by atoms with Gasteiger partial charge in [-0.2, -0.15) is 0 Å². The van der Waals surface area contributed by atoms with Gasteiger partial charge in [0.1, 0.15) is 0 Å². The van der Waals surface area contributed by atoms with E-state index in [1.165, 1.54) is 0 Å². The first-order valence-corrected chi connectivity index (χ1v) is 8.60. The van der Waals surface area contributed by atoms with Crippen molar-refractivity contribution < 1.29 is 13.2 Å². The molecule has 1 heterocycles. The van der Waals surface area contributed by atoms with Crippen molar-refractivity contribution in [2.24, 2.45) is 16.6 Å². The highest BCUT2D eigenvalue weighted by molar-refractivity contribution is 7.89. The number of hydrogen-bond acceptors (Lipinski definition) is 4. The van der Waals surface area contributed by atoms with Gasteiger partial charge in [0.25, 0.3) is 0 Å². The van der Waals surface area contributed by atoms with Crippen molar-refractivity contribution in [2.75, 3.05) is 12.4 Å². The fraction of sp³-hybridized carbons (Fsp3) is 1.00. The number of nitrogens with one attached hydrogen (secondary N) is 1. The molecule has 0 aromatic carbocycles. The zero-order chi connectivity index (χ0) is 14.5. The highest BCUT2D eigenvalue weighted by Crippen LogP contribution is 2.52. The maximum absolute atomic E-state index is 12.2. The standard InChI is InChI=1S/C13H26N2O3S/c1-12(2)10(14)13(3,4)11(12)15-19(16,17)8-9-6-5-7-18-9/h9-11,15H,5-8,14H2,1-4H3. The Balaban J connectivity index is 2.03. The minimum Gasteiger partial charge on any atom is -0.377 e. The van der Waals surface area contributed by atoms with E-state index >= 15 is 0 Å². The third-order valence-corrected chi connectivity index (χ3v) is 6.22. The lowest BCUT2D eigenvalue weighted by molar-refractivity contribution is -0.0594. The summed E-state index contributed by atoms with van der Waals surface area (Å²) in [5.41, 5.74) is 5.72. The molecule has 19 heavy (non-hydrogen) atoms. The third-order valence-electron chi connectivity index (χ3n) is 4.82. The van der Waals surface area contributed by atoms with Gasteiger partial charge in [-0.05, 0) is 23.7 Å². The lowest BCUT2D eigenvalue weighted by Gasteiger charge is -2.62. The van der Waals surface area contributed by atoms with Crippen LogP contribution in [0.5, 0.6) is 0 Å². The molecule has 5 nitrogen and oxygen atoms in total. The summed E-state index contributed by atoms with van der Waals surface area (Å²) in [6, 6.07) is -0.128. The Bertz CT molecular complexity index is 423. The average Bonchev–Trinajstić information content (AvgIpc) is 2.76. The summed E-state index contributed by atoms with van der Waals surface area (Å²) >= 11 is 0. The van der Waals surface area contributed by atoms with Crippen molar-refractivity contribution in [3.05, 3.63) is 0 Å². The third kappa shape index (κ3) is 2.68. The molecule has 1 aliphatic heterocycles. The zero-order valence-electron chi connectivity index (χ0n) is 12.3. The molecule has 0 spiro atoms. The Labute approximate surface area is 116 Å². The molecule has 0 bridgehead atoms. The van der Waals surface area contributed by atoms with E-state index in [1.54, 1.807) is 0 Å². The number of ether oxygens (including phenoxy) is 1. The topological polar surface area (TPSA) is 81.4 Å². The van der Waals surface area contributed by atoms with Crippen LogP contribution in [0.3, 0.4) is 0 Å². The van der Waals surface area contributed by atoms with Gasteiger partial charge in [-0.1, -0.05) is 27.7 Å². The molecule has 6 heteroatoms. The number of nitrogens with two attached hydrogens (primary N) is 1. The Kier molecular flexibility index (Phi) is 3.75. The molecule has 112 valence electrons. The predicted octanol–water partition coefficient (Wildman–Crippen LogP) is 0.847. The highest BCUT2D eigenvalue weighted by Gasteiger charge is 2.60. The van der Waals surface area contributed by atoms with Crippen LogP contribution < -0.4 is 10.5 Å². The van der Waals surface area contributed by atoms with Crippen LogP contribution in [0.15, 0.2) is 0 Å². The van der Waals surface area contributed by atoms with Crippen molar-refractivity contribution in [3.63, 3.8) is 0 Å². The van der Waals surface area contributed by atoms with Gasteiger partial charge in [-0.25, -0.2) is 13.1 Å². The highest BCUT2D eigenvalue weighted by atomic mass is 32.2. The van der Waals surface area contributed by atoms with E-state index in [1.807, 2.05) is 27.7 Å². The zero-order valence-corrected chi connectivity index (χ0v) is 13.1. The normalized spacial score (nSPS) is 37.0. The number of hydrogen-bond donors (Lipinski definition) is 2. The van der Waals surface area contributed by atoms with Crippen molar-refractivity contribution in [1.82, 2.24) is 4.72 Å². The van der Waals surface area contributed by atoms with Crippen LogP contribution in [0.1, 0.15) is 40.5 Å². The van der Waals surface area contributed by atoms with Crippen molar-refractivity contribution in [3.8, 4) is 0 Å². The molecule has 0 aromatic rings. The summed E-state index contributed by atoms with van der Waals surface area (Å²) in [7, 11) is -3.32. The second-order valence-electron chi connectivity index (χ2n) is 7.09. The lowest BCUT2D eigenvalue weighted by atomic mass is 9.49. The summed E-state index contributed by atoms with van der Waals surface area (Å²) in [4.78, 5) is 0. The SMILES string of the molecule is CC1(C)C(N)C(C)(C)C1NS(=O)(=O)CC1CCCO1. The molecule has 0 amide bonds. The largest absolute Gasteiger partial charge is 0.377 e. The molecule has 0 radical (unpaired) electrons. The van der Waals surface area contributed by atoms with E-state index in [0.29, 0.717) is 6.61 Å². The fourth-order valence-electron chi connectivity index (χ4n) is 3.73. The quantitative estimate of drug-likeness (QED) is 0.804. The molecule has 1 saturated carbocycles. The second kappa shape index (κ2) is 4.69. The summed E-state index contributed by atoms with van der Waals surface area (Å²) in [6.45, 7) is 8.74. The van der Waals surface area contributed by atoms with Crippen LogP contribution in [0.2, 0.25) is 0 Å². The average molecular weight is 290 g/mol. The van der Waals surface area contributed by atoms with E-state index < -0.39 is 10.0 Å². The van der Waals surface area contributed by atoms with E-state index in [0.717, 1.165) is 12.8 Å². The molecule has 3 N–H and O–H groups in total. The Morgan fingerprint density at radius 2 is 1.84 bits per heavy atom. The van der Waals surface area contributed by atoms with Crippen LogP contribution >= 0.6 is 0 Å². The summed E-state index contributed by atoms with van der Waals surface area (Å²) in [5, 5.41) is 0. The van der Waals surface area contributed by atoms with Crippen LogP contribution in [-0.2, 0) is 14.8 Å². The minimum atomic E-state index is -3.32. The van der Waals surface area contributed by atoms with Gasteiger partial charge >= 0.3 is 0 Å². The van der Waals surface area contributed by atoms with Gasteiger partial charge in [-0.15, -0.1) is 0 Å². The number of sulfonamides is 1. The van der Waals surface area contributed by atoms with Gasteiger partial charge in [0, 0.05) is 18.7 Å². The van der Waals surface area contributed by atoms with Crippen LogP contribution in [0, 0.1) is 10.8 Å². The molecular weight excluding hydrogens is 264 g/mol. The van der Waals surface area contributed by atoms with Crippen molar-refractivity contribution >= 4 is 10.0 Å². The lowest BCUT2D eigenvalue weighted by Crippen LogP contribution is -2.76. The van der Waals surface area contributed by atoms with E-state index in [-0.39, 0.29) is 34.8 Å². The van der Waals surface area contributed by atoms with E-state index in [9.17, 15) is 8.42 Å². The van der Waals surface area contributed by atoms with Crippen LogP contribution in [0.4, 0.5) is 0 Å². The predicted molar refractivity (Wildman–Crippen MR) is 75.2 cm³/mol. The van der Waals surface area contributed by atoms with E-state index in [4.69, 9.17) is 10.5 Å². The Morgan fingerprint density at radius 3 is 2.32 bits per heavy atom. The summed E-state index contributed by atoms with van der Waals surface area (Å²) < 4.78 is 32.7. The number of rotatable bonds is 4. The molecule has 1 aliphatic carbocycles. The first-order chi connectivity index (χ1) is 8.57. The first kappa shape index (κ1) is 15.2. The van der Waals surface area contributed by atoms with Gasteiger partial charge in [0.05, 0.1) is 11.9 Å². The molecule has 2 fully saturated rings. The van der Waals surface area contributed by atoms with Crippen molar-refractivity contribution in [2.45, 2.75) is 58.7 Å². The van der Waals surface area contributed by atoms with Gasteiger partial charge in [0.15, 0.2) is 0 Å². The summed E-state index contributed by atoms with van der Waals surface area (Å²) in [5.74, 6) is 0.0604. The molecule has 1 unspecified atom stereocenters. The molecule has 2 rings (SSSR count). The minimum absolute atomic E-state index is 0.00423. The van der Waals surface area contributed by atoms with Crippen LogP contribution in [0.25, 0.3) is 0 Å². The Hall–Kier alpha value is -0.170. The first-order valence-electron chi connectivity index (χ1n) is 6.94. The van der Waals surface area contributed by atoms with Gasteiger partial charge in [0.2, 0.25) is 10.0 Å². The monoisotopic (exact) mass is 290 g/mol. The Morgan fingerprint density at radius 1 is 1.26 bits per heavy atom. The maximum Gasteiger partial charge on any atom is 0.214 e. The van der Waals surface area contributed by atoms with E-state index in [2.05, 4.69) is 4.72 Å².